The molecule has 1 heterocycles. The van der Waals surface area contributed by atoms with E-state index in [1.807, 2.05) is 0 Å². The Morgan fingerprint density at radius 2 is 1.94 bits per heavy atom. The zero-order valence-electron chi connectivity index (χ0n) is 10.0. The Labute approximate surface area is 102 Å². The van der Waals surface area contributed by atoms with Crippen molar-refractivity contribution in [3.8, 4) is 0 Å². The van der Waals surface area contributed by atoms with E-state index in [1.54, 1.807) is 0 Å². The van der Waals surface area contributed by atoms with Crippen LogP contribution in [0.25, 0.3) is 10.8 Å². The third kappa shape index (κ3) is 2.06. The second kappa shape index (κ2) is 4.47. The maximum Gasteiger partial charge on any atom is 0.0975 e. The summed E-state index contributed by atoms with van der Waals surface area (Å²) < 4.78 is 5.86. The Balaban J connectivity index is 1.99. The predicted octanol–water partition coefficient (Wildman–Crippen LogP) is 2.89. The van der Waals surface area contributed by atoms with Crippen molar-refractivity contribution in [1.29, 1.82) is 0 Å². The molecular formula is C15H17NO. The molecule has 2 atom stereocenters. The molecule has 2 aromatic carbocycles. The smallest absolute Gasteiger partial charge is 0.0975 e. The van der Waals surface area contributed by atoms with Gasteiger partial charge in [0.1, 0.15) is 0 Å². The molecule has 0 aromatic heterocycles. The van der Waals surface area contributed by atoms with E-state index in [9.17, 15) is 0 Å². The first-order chi connectivity index (χ1) is 8.34. The van der Waals surface area contributed by atoms with E-state index < -0.39 is 0 Å². The Morgan fingerprint density at radius 3 is 2.76 bits per heavy atom. The van der Waals surface area contributed by atoms with Gasteiger partial charge in [-0.05, 0) is 29.3 Å². The Bertz CT molecular complexity index is 523. The van der Waals surface area contributed by atoms with Crippen LogP contribution in [0.2, 0.25) is 0 Å². The summed E-state index contributed by atoms with van der Waals surface area (Å²) in [4.78, 5) is 0. The first kappa shape index (κ1) is 10.8. The highest BCUT2D eigenvalue weighted by molar-refractivity contribution is 5.83. The summed E-state index contributed by atoms with van der Waals surface area (Å²) in [6.07, 6.45) is 0.174. The molecular weight excluding hydrogens is 210 g/mol. The van der Waals surface area contributed by atoms with Crippen molar-refractivity contribution in [2.45, 2.75) is 19.1 Å². The average molecular weight is 227 g/mol. The van der Waals surface area contributed by atoms with E-state index in [2.05, 4.69) is 54.7 Å². The lowest BCUT2D eigenvalue weighted by molar-refractivity contribution is -0.000145. The molecule has 1 saturated heterocycles. The molecule has 2 aromatic rings. The average Bonchev–Trinajstić information content (AvgIpc) is 2.39. The summed E-state index contributed by atoms with van der Waals surface area (Å²) in [5, 5.41) is 6.02. The maximum absolute atomic E-state index is 5.86. The number of morpholine rings is 1. The minimum absolute atomic E-state index is 0.174. The number of rotatable bonds is 1. The van der Waals surface area contributed by atoms with Crippen LogP contribution in [-0.2, 0) is 4.74 Å². The predicted molar refractivity (Wildman–Crippen MR) is 70.1 cm³/mol. The molecule has 0 radical (unpaired) electrons. The van der Waals surface area contributed by atoms with Crippen LogP contribution in [0.4, 0.5) is 0 Å². The Kier molecular flexibility index (Phi) is 2.83. The maximum atomic E-state index is 5.86. The first-order valence-electron chi connectivity index (χ1n) is 6.18. The van der Waals surface area contributed by atoms with Crippen molar-refractivity contribution < 1.29 is 4.74 Å². The van der Waals surface area contributed by atoms with Gasteiger partial charge in [-0.3, -0.25) is 0 Å². The summed E-state index contributed by atoms with van der Waals surface area (Å²) >= 11 is 0. The second-order valence-corrected chi connectivity index (χ2v) is 4.64. The van der Waals surface area contributed by atoms with Crippen LogP contribution in [0.1, 0.15) is 18.6 Å². The van der Waals surface area contributed by atoms with Gasteiger partial charge in [-0.25, -0.2) is 0 Å². The third-order valence-corrected chi connectivity index (χ3v) is 3.42. The first-order valence-corrected chi connectivity index (χ1v) is 6.18. The fourth-order valence-electron chi connectivity index (χ4n) is 2.49. The van der Waals surface area contributed by atoms with Gasteiger partial charge in [-0.2, -0.15) is 0 Å². The number of ether oxygens (including phenoxy) is 1. The van der Waals surface area contributed by atoms with Crippen LogP contribution >= 0.6 is 0 Å². The summed E-state index contributed by atoms with van der Waals surface area (Å²) in [5.41, 5.74) is 1.27. The van der Waals surface area contributed by atoms with Crippen LogP contribution in [0.3, 0.4) is 0 Å². The molecule has 1 aliphatic heterocycles. The van der Waals surface area contributed by atoms with Crippen LogP contribution in [0, 0.1) is 0 Å². The number of hydrogen-bond donors (Lipinski definition) is 1. The van der Waals surface area contributed by atoms with Crippen LogP contribution < -0.4 is 5.32 Å². The number of hydrogen-bond acceptors (Lipinski definition) is 2. The molecule has 1 aliphatic rings. The van der Waals surface area contributed by atoms with Gasteiger partial charge in [-0.1, -0.05) is 36.4 Å². The Hall–Kier alpha value is -1.38. The SMILES string of the molecule is CC1NCCOC1c1ccc2ccccc2c1. The molecule has 0 spiro atoms. The fraction of sp³-hybridized carbons (Fsp3) is 0.333. The summed E-state index contributed by atoms with van der Waals surface area (Å²) in [5.74, 6) is 0. The lowest BCUT2D eigenvalue weighted by Gasteiger charge is -2.30. The highest BCUT2D eigenvalue weighted by Gasteiger charge is 2.23. The largest absolute Gasteiger partial charge is 0.371 e. The lowest BCUT2D eigenvalue weighted by Crippen LogP contribution is -2.41. The molecule has 0 aliphatic carbocycles. The lowest BCUT2D eigenvalue weighted by atomic mass is 9.99. The molecule has 1 N–H and O–H groups in total. The monoisotopic (exact) mass is 227 g/mol. The van der Waals surface area contributed by atoms with Crippen LogP contribution in [0.15, 0.2) is 42.5 Å². The minimum atomic E-state index is 0.174. The number of fused-ring (bicyclic) bond motifs is 1. The Morgan fingerprint density at radius 1 is 1.12 bits per heavy atom. The van der Waals surface area contributed by atoms with Crippen molar-refractivity contribution in [3.05, 3.63) is 48.0 Å². The second-order valence-electron chi connectivity index (χ2n) is 4.64. The number of benzene rings is 2. The third-order valence-electron chi connectivity index (χ3n) is 3.42. The highest BCUT2D eigenvalue weighted by atomic mass is 16.5. The molecule has 2 heteroatoms. The molecule has 0 bridgehead atoms. The molecule has 2 unspecified atom stereocenters. The molecule has 0 saturated carbocycles. The van der Waals surface area contributed by atoms with Crippen LogP contribution in [0.5, 0.6) is 0 Å². The van der Waals surface area contributed by atoms with E-state index in [0.717, 1.165) is 13.2 Å². The van der Waals surface area contributed by atoms with Gasteiger partial charge in [0.2, 0.25) is 0 Å². The highest BCUT2D eigenvalue weighted by Crippen LogP contribution is 2.26. The van der Waals surface area contributed by atoms with Gasteiger partial charge in [0, 0.05) is 12.6 Å². The zero-order valence-corrected chi connectivity index (χ0v) is 10.0. The summed E-state index contributed by atoms with van der Waals surface area (Å²) in [7, 11) is 0. The van der Waals surface area contributed by atoms with E-state index in [-0.39, 0.29) is 6.10 Å². The van der Waals surface area contributed by atoms with E-state index in [4.69, 9.17) is 4.74 Å². The zero-order chi connectivity index (χ0) is 11.7. The molecule has 3 rings (SSSR count). The quantitative estimate of drug-likeness (QED) is 0.808. The fourth-order valence-corrected chi connectivity index (χ4v) is 2.49. The molecule has 1 fully saturated rings. The van der Waals surface area contributed by atoms with Gasteiger partial charge in [0.25, 0.3) is 0 Å². The molecule has 0 amide bonds. The topological polar surface area (TPSA) is 21.3 Å². The van der Waals surface area contributed by atoms with Gasteiger partial charge in [-0.15, -0.1) is 0 Å². The van der Waals surface area contributed by atoms with Gasteiger partial charge < -0.3 is 10.1 Å². The standard InChI is InChI=1S/C15H17NO/c1-11-15(17-9-8-16-11)14-7-6-12-4-2-3-5-13(12)10-14/h2-7,10-11,15-16H,8-9H2,1H3. The summed E-state index contributed by atoms with van der Waals surface area (Å²) in [6, 6.07) is 15.4. The van der Waals surface area contributed by atoms with Gasteiger partial charge >= 0.3 is 0 Å². The summed E-state index contributed by atoms with van der Waals surface area (Å²) in [6.45, 7) is 3.92. The van der Waals surface area contributed by atoms with Crippen LogP contribution in [-0.4, -0.2) is 19.2 Å². The number of nitrogens with one attached hydrogen (secondary N) is 1. The van der Waals surface area contributed by atoms with E-state index >= 15 is 0 Å². The molecule has 17 heavy (non-hydrogen) atoms. The van der Waals surface area contributed by atoms with Crippen molar-refractivity contribution >= 4 is 10.8 Å². The van der Waals surface area contributed by atoms with E-state index in [0.29, 0.717) is 6.04 Å². The van der Waals surface area contributed by atoms with Gasteiger partial charge in [0.05, 0.1) is 12.7 Å². The van der Waals surface area contributed by atoms with Crippen molar-refractivity contribution in [2.75, 3.05) is 13.2 Å². The molecule has 88 valence electrons. The van der Waals surface area contributed by atoms with Crippen molar-refractivity contribution in [2.24, 2.45) is 0 Å². The van der Waals surface area contributed by atoms with Crippen molar-refractivity contribution in [1.82, 2.24) is 5.32 Å². The van der Waals surface area contributed by atoms with Gasteiger partial charge in [0.15, 0.2) is 0 Å². The van der Waals surface area contributed by atoms with Crippen molar-refractivity contribution in [3.63, 3.8) is 0 Å². The van der Waals surface area contributed by atoms with E-state index in [1.165, 1.54) is 16.3 Å². The molecule has 2 nitrogen and oxygen atoms in total. The normalized spacial score (nSPS) is 25.0. The minimum Gasteiger partial charge on any atom is -0.371 e.